The summed E-state index contributed by atoms with van der Waals surface area (Å²) in [4.78, 5) is 31.1. The number of hydrogen-bond acceptors (Lipinski definition) is 3. The molecule has 0 bridgehead atoms. The number of benzene rings is 2. The molecular weight excluding hydrogens is 350 g/mol. The van der Waals surface area contributed by atoms with Crippen LogP contribution in [0.4, 0.5) is 0 Å². The van der Waals surface area contributed by atoms with Crippen LogP contribution in [0.3, 0.4) is 0 Å². The molecule has 2 aromatic heterocycles. The SMILES string of the molecule is O=C1c2ccccc2C(=O)N1Cc1cccc(Cn2ccc3ccccc32)n1. The van der Waals surface area contributed by atoms with Gasteiger partial charge in [-0.15, -0.1) is 0 Å². The van der Waals surface area contributed by atoms with Gasteiger partial charge in [0.25, 0.3) is 11.8 Å². The number of para-hydroxylation sites is 1. The molecule has 0 atom stereocenters. The van der Waals surface area contributed by atoms with Crippen LogP contribution in [0.5, 0.6) is 0 Å². The number of nitrogens with zero attached hydrogens (tertiary/aromatic N) is 3. The van der Waals surface area contributed by atoms with Crippen molar-refractivity contribution < 1.29 is 9.59 Å². The predicted molar refractivity (Wildman–Crippen MR) is 106 cm³/mol. The zero-order valence-electron chi connectivity index (χ0n) is 15.1. The Labute approximate surface area is 161 Å². The Balaban J connectivity index is 1.40. The van der Waals surface area contributed by atoms with Gasteiger partial charge in [-0.05, 0) is 41.8 Å². The van der Waals surface area contributed by atoms with Crippen LogP contribution in [0.1, 0.15) is 32.1 Å². The Hall–Kier alpha value is -3.73. The van der Waals surface area contributed by atoms with Gasteiger partial charge in [-0.3, -0.25) is 19.5 Å². The first kappa shape index (κ1) is 16.4. The molecule has 0 spiro atoms. The van der Waals surface area contributed by atoms with Crippen molar-refractivity contribution in [3.63, 3.8) is 0 Å². The fourth-order valence-corrected chi connectivity index (χ4v) is 3.70. The van der Waals surface area contributed by atoms with E-state index in [-0.39, 0.29) is 18.4 Å². The molecule has 5 heteroatoms. The molecule has 1 aliphatic heterocycles. The number of imide groups is 1. The minimum Gasteiger partial charge on any atom is -0.341 e. The van der Waals surface area contributed by atoms with Gasteiger partial charge in [0.15, 0.2) is 0 Å². The zero-order chi connectivity index (χ0) is 19.1. The number of pyridine rings is 1. The topological polar surface area (TPSA) is 55.2 Å². The van der Waals surface area contributed by atoms with Gasteiger partial charge in [-0.2, -0.15) is 0 Å². The zero-order valence-corrected chi connectivity index (χ0v) is 15.1. The Morgan fingerprint density at radius 2 is 1.32 bits per heavy atom. The van der Waals surface area contributed by atoms with Crippen molar-refractivity contribution in [1.82, 2.24) is 14.5 Å². The molecule has 5 rings (SSSR count). The first-order valence-corrected chi connectivity index (χ1v) is 9.14. The molecule has 0 unspecified atom stereocenters. The summed E-state index contributed by atoms with van der Waals surface area (Å²) in [5, 5.41) is 1.18. The summed E-state index contributed by atoms with van der Waals surface area (Å²) in [6, 6.07) is 22.9. The van der Waals surface area contributed by atoms with Crippen molar-refractivity contribution in [2.75, 3.05) is 0 Å². The summed E-state index contributed by atoms with van der Waals surface area (Å²) in [5.74, 6) is -0.520. The molecule has 5 nitrogen and oxygen atoms in total. The van der Waals surface area contributed by atoms with E-state index in [9.17, 15) is 9.59 Å². The van der Waals surface area contributed by atoms with Gasteiger partial charge in [0.2, 0.25) is 0 Å². The van der Waals surface area contributed by atoms with Crippen LogP contribution >= 0.6 is 0 Å². The van der Waals surface area contributed by atoms with Crippen molar-refractivity contribution in [2.24, 2.45) is 0 Å². The number of carbonyl (C=O) groups is 2. The lowest BCUT2D eigenvalue weighted by atomic mass is 10.1. The summed E-state index contributed by atoms with van der Waals surface area (Å²) in [7, 11) is 0. The van der Waals surface area contributed by atoms with Crippen molar-refractivity contribution in [3.05, 3.63) is 102 Å². The predicted octanol–water partition coefficient (Wildman–Crippen LogP) is 3.88. The smallest absolute Gasteiger partial charge is 0.261 e. The normalized spacial score (nSPS) is 13.4. The molecule has 2 aromatic carbocycles. The number of rotatable bonds is 4. The molecule has 136 valence electrons. The Bertz CT molecular complexity index is 1190. The highest BCUT2D eigenvalue weighted by atomic mass is 16.2. The number of amides is 2. The standard InChI is InChI=1S/C23H17N3O2/c27-22-19-9-2-3-10-20(19)23(28)26(22)15-18-8-5-7-17(24-18)14-25-13-12-16-6-1-4-11-21(16)25/h1-13H,14-15H2. The molecule has 0 aliphatic carbocycles. The number of hydrogen-bond donors (Lipinski definition) is 0. The molecule has 4 aromatic rings. The fourth-order valence-electron chi connectivity index (χ4n) is 3.70. The maximum Gasteiger partial charge on any atom is 0.261 e. The second-order valence-corrected chi connectivity index (χ2v) is 6.86. The summed E-state index contributed by atoms with van der Waals surface area (Å²) < 4.78 is 2.14. The van der Waals surface area contributed by atoms with Crippen LogP contribution < -0.4 is 0 Å². The van der Waals surface area contributed by atoms with Crippen LogP contribution in [0.15, 0.2) is 79.0 Å². The van der Waals surface area contributed by atoms with Gasteiger partial charge >= 0.3 is 0 Å². The number of aromatic nitrogens is 2. The highest BCUT2D eigenvalue weighted by molar-refractivity contribution is 6.21. The van der Waals surface area contributed by atoms with E-state index in [0.29, 0.717) is 23.4 Å². The van der Waals surface area contributed by atoms with E-state index in [0.717, 1.165) is 11.2 Å². The van der Waals surface area contributed by atoms with Crippen molar-refractivity contribution >= 4 is 22.7 Å². The largest absolute Gasteiger partial charge is 0.341 e. The van der Waals surface area contributed by atoms with Crippen molar-refractivity contribution in [2.45, 2.75) is 13.1 Å². The van der Waals surface area contributed by atoms with Crippen LogP contribution in [0.25, 0.3) is 10.9 Å². The highest BCUT2D eigenvalue weighted by Gasteiger charge is 2.35. The molecule has 0 saturated carbocycles. The van der Waals surface area contributed by atoms with Gasteiger partial charge in [0, 0.05) is 11.7 Å². The maximum absolute atomic E-state index is 12.6. The molecule has 28 heavy (non-hydrogen) atoms. The Morgan fingerprint density at radius 3 is 2.07 bits per heavy atom. The van der Waals surface area contributed by atoms with E-state index < -0.39 is 0 Å². The lowest BCUT2D eigenvalue weighted by Crippen LogP contribution is -2.29. The van der Waals surface area contributed by atoms with Gasteiger partial charge < -0.3 is 4.57 Å². The molecule has 0 radical (unpaired) electrons. The Kier molecular flexibility index (Phi) is 3.79. The fraction of sp³-hybridized carbons (Fsp3) is 0.0870. The average molecular weight is 367 g/mol. The minimum atomic E-state index is -0.260. The summed E-state index contributed by atoms with van der Waals surface area (Å²) in [6.45, 7) is 0.802. The van der Waals surface area contributed by atoms with Gasteiger partial charge in [0.1, 0.15) is 0 Å². The second-order valence-electron chi connectivity index (χ2n) is 6.86. The third-order valence-electron chi connectivity index (χ3n) is 5.08. The van der Waals surface area contributed by atoms with E-state index >= 15 is 0 Å². The van der Waals surface area contributed by atoms with Gasteiger partial charge in [-0.25, -0.2) is 0 Å². The van der Waals surface area contributed by atoms with Crippen molar-refractivity contribution in [1.29, 1.82) is 0 Å². The maximum atomic E-state index is 12.6. The van der Waals surface area contributed by atoms with Crippen LogP contribution in [0, 0.1) is 0 Å². The monoisotopic (exact) mass is 367 g/mol. The molecule has 2 amide bonds. The third kappa shape index (κ3) is 2.68. The lowest BCUT2D eigenvalue weighted by Gasteiger charge is -2.14. The van der Waals surface area contributed by atoms with Crippen LogP contribution in [-0.2, 0) is 13.1 Å². The van der Waals surface area contributed by atoms with E-state index in [1.807, 2.05) is 36.5 Å². The summed E-state index contributed by atoms with van der Waals surface area (Å²) >= 11 is 0. The van der Waals surface area contributed by atoms with Gasteiger partial charge in [0.05, 0.1) is 35.6 Å². The molecule has 0 N–H and O–H groups in total. The molecule has 3 heterocycles. The highest BCUT2D eigenvalue weighted by Crippen LogP contribution is 2.24. The average Bonchev–Trinajstić information content (AvgIpc) is 3.24. The van der Waals surface area contributed by atoms with Crippen LogP contribution in [-0.4, -0.2) is 26.3 Å². The van der Waals surface area contributed by atoms with E-state index in [1.54, 1.807) is 24.3 Å². The second kappa shape index (κ2) is 6.46. The molecule has 0 fully saturated rings. The first-order valence-electron chi connectivity index (χ1n) is 9.14. The number of carbonyl (C=O) groups excluding carboxylic acids is 2. The lowest BCUT2D eigenvalue weighted by molar-refractivity contribution is 0.0640. The Morgan fingerprint density at radius 1 is 0.679 bits per heavy atom. The summed E-state index contributed by atoms with van der Waals surface area (Å²) in [5.41, 5.74) is 3.65. The van der Waals surface area contributed by atoms with Crippen molar-refractivity contribution in [3.8, 4) is 0 Å². The first-order chi connectivity index (χ1) is 13.7. The molecule has 0 saturated heterocycles. The van der Waals surface area contributed by atoms with E-state index in [1.165, 1.54) is 10.3 Å². The summed E-state index contributed by atoms with van der Waals surface area (Å²) in [6.07, 6.45) is 2.04. The molecule has 1 aliphatic rings. The van der Waals surface area contributed by atoms with E-state index in [4.69, 9.17) is 0 Å². The van der Waals surface area contributed by atoms with Crippen LogP contribution in [0.2, 0.25) is 0 Å². The third-order valence-corrected chi connectivity index (χ3v) is 5.08. The molecular formula is C23H17N3O2. The van der Waals surface area contributed by atoms with Gasteiger partial charge in [-0.1, -0.05) is 36.4 Å². The van der Waals surface area contributed by atoms with E-state index in [2.05, 4.69) is 27.8 Å². The number of fused-ring (bicyclic) bond motifs is 2. The quantitative estimate of drug-likeness (QED) is 0.514. The minimum absolute atomic E-state index is 0.173.